The van der Waals surface area contributed by atoms with E-state index in [1.54, 1.807) is 0 Å². The molecule has 1 saturated heterocycles. The second-order valence-corrected chi connectivity index (χ2v) is 6.11. The Morgan fingerprint density at radius 3 is 2.64 bits per heavy atom. The number of hydrogen-bond donors (Lipinski definition) is 2. The largest absolute Gasteiger partial charge is 0.379 e. The number of piperidine rings is 1. The van der Waals surface area contributed by atoms with Gasteiger partial charge in [0.2, 0.25) is 0 Å². The van der Waals surface area contributed by atoms with E-state index >= 15 is 0 Å². The maximum absolute atomic E-state index is 5.63. The summed E-state index contributed by atoms with van der Waals surface area (Å²) in [6.45, 7) is 9.99. The highest BCUT2D eigenvalue weighted by Gasteiger charge is 2.20. The lowest BCUT2D eigenvalue weighted by atomic mass is 10.1. The molecule has 1 aliphatic heterocycles. The van der Waals surface area contributed by atoms with Gasteiger partial charge in [0.15, 0.2) is 5.96 Å². The van der Waals surface area contributed by atoms with Gasteiger partial charge in [-0.25, -0.2) is 0 Å². The van der Waals surface area contributed by atoms with Gasteiger partial charge in [-0.3, -0.25) is 4.99 Å². The first kappa shape index (κ1) is 20.0. The van der Waals surface area contributed by atoms with Crippen LogP contribution in [-0.4, -0.2) is 63.3 Å². The molecule has 0 aromatic carbocycles. The summed E-state index contributed by atoms with van der Waals surface area (Å²) in [6, 6.07) is 0. The summed E-state index contributed by atoms with van der Waals surface area (Å²) < 4.78 is 5.63. The maximum atomic E-state index is 5.63. The highest BCUT2D eigenvalue weighted by molar-refractivity contribution is 14.0. The highest BCUT2D eigenvalue weighted by Crippen LogP contribution is 2.28. The van der Waals surface area contributed by atoms with Gasteiger partial charge in [0.25, 0.3) is 0 Å². The van der Waals surface area contributed by atoms with Crippen LogP contribution in [0, 0.1) is 5.92 Å². The third kappa shape index (κ3) is 9.15. The van der Waals surface area contributed by atoms with Crippen LogP contribution in [0.3, 0.4) is 0 Å². The van der Waals surface area contributed by atoms with Crippen molar-refractivity contribution in [3.63, 3.8) is 0 Å². The molecule has 0 amide bonds. The summed E-state index contributed by atoms with van der Waals surface area (Å²) in [7, 11) is 0. The van der Waals surface area contributed by atoms with Gasteiger partial charge in [-0.2, -0.15) is 0 Å². The van der Waals surface area contributed by atoms with Crippen LogP contribution in [0.5, 0.6) is 0 Å². The number of rotatable bonds is 9. The Hall–Kier alpha value is -0.0800. The van der Waals surface area contributed by atoms with Crippen molar-refractivity contribution < 1.29 is 4.74 Å². The predicted molar refractivity (Wildman–Crippen MR) is 103 cm³/mol. The van der Waals surface area contributed by atoms with Crippen LogP contribution in [0.25, 0.3) is 0 Å². The summed E-state index contributed by atoms with van der Waals surface area (Å²) in [6.07, 6.45) is 6.80. The van der Waals surface area contributed by atoms with E-state index < -0.39 is 0 Å². The van der Waals surface area contributed by atoms with E-state index in [0.717, 1.165) is 51.3 Å². The molecule has 22 heavy (non-hydrogen) atoms. The number of halogens is 1. The van der Waals surface area contributed by atoms with Crippen LogP contribution < -0.4 is 10.6 Å². The van der Waals surface area contributed by atoms with E-state index in [0.29, 0.717) is 0 Å². The summed E-state index contributed by atoms with van der Waals surface area (Å²) in [5.74, 6) is 1.76. The number of ether oxygens (including phenoxy) is 1. The monoisotopic (exact) mass is 424 g/mol. The fourth-order valence-electron chi connectivity index (χ4n) is 2.60. The summed E-state index contributed by atoms with van der Waals surface area (Å²) in [5, 5.41) is 6.65. The lowest BCUT2D eigenvalue weighted by Crippen LogP contribution is -2.40. The Labute approximate surface area is 152 Å². The smallest absolute Gasteiger partial charge is 0.191 e. The number of aliphatic imine (C=N–C) groups is 1. The van der Waals surface area contributed by atoms with Gasteiger partial charge in [-0.05, 0) is 51.6 Å². The molecule has 0 aromatic rings. The highest BCUT2D eigenvalue weighted by atomic mass is 127. The number of nitrogens with one attached hydrogen (secondary N) is 2. The molecule has 130 valence electrons. The van der Waals surface area contributed by atoms with Crippen molar-refractivity contribution >= 4 is 29.9 Å². The van der Waals surface area contributed by atoms with Crippen molar-refractivity contribution in [1.82, 2.24) is 15.5 Å². The number of nitrogens with zero attached hydrogens (tertiary/aromatic N) is 2. The quantitative estimate of drug-likeness (QED) is 0.258. The van der Waals surface area contributed by atoms with Crippen LogP contribution in [0.1, 0.15) is 39.0 Å². The zero-order valence-electron chi connectivity index (χ0n) is 14.0. The molecule has 1 saturated carbocycles. The molecular formula is C16H33IN4O. The van der Waals surface area contributed by atoms with Gasteiger partial charge < -0.3 is 20.3 Å². The van der Waals surface area contributed by atoms with Crippen molar-refractivity contribution in [2.24, 2.45) is 10.9 Å². The minimum atomic E-state index is 0. The van der Waals surface area contributed by atoms with Crippen molar-refractivity contribution in [1.29, 1.82) is 0 Å². The molecule has 2 N–H and O–H groups in total. The minimum Gasteiger partial charge on any atom is -0.379 e. The van der Waals surface area contributed by atoms with E-state index in [1.165, 1.54) is 45.2 Å². The summed E-state index contributed by atoms with van der Waals surface area (Å²) in [5.41, 5.74) is 0. The van der Waals surface area contributed by atoms with Crippen LogP contribution in [0.2, 0.25) is 0 Å². The zero-order chi connectivity index (χ0) is 14.8. The number of guanidine groups is 1. The maximum Gasteiger partial charge on any atom is 0.191 e. The van der Waals surface area contributed by atoms with Crippen LogP contribution in [0.15, 0.2) is 4.99 Å². The average molecular weight is 424 g/mol. The van der Waals surface area contributed by atoms with Gasteiger partial charge >= 0.3 is 0 Å². The summed E-state index contributed by atoms with van der Waals surface area (Å²) >= 11 is 0. The molecule has 0 spiro atoms. The third-order valence-corrected chi connectivity index (χ3v) is 4.07. The van der Waals surface area contributed by atoms with E-state index in [1.807, 2.05) is 0 Å². The zero-order valence-corrected chi connectivity index (χ0v) is 16.3. The van der Waals surface area contributed by atoms with Crippen molar-refractivity contribution in [3.8, 4) is 0 Å². The topological polar surface area (TPSA) is 48.9 Å². The molecule has 1 aliphatic carbocycles. The van der Waals surface area contributed by atoms with E-state index in [-0.39, 0.29) is 24.0 Å². The second kappa shape index (κ2) is 12.4. The van der Waals surface area contributed by atoms with E-state index in [4.69, 9.17) is 4.74 Å². The molecule has 2 rings (SSSR count). The molecule has 2 fully saturated rings. The van der Waals surface area contributed by atoms with E-state index in [9.17, 15) is 0 Å². The second-order valence-electron chi connectivity index (χ2n) is 6.11. The SMILES string of the molecule is CCNC(=NCCN1CCCCC1)NCCOCC1CC1.I. The Balaban J connectivity index is 0.00000242. The first-order valence-corrected chi connectivity index (χ1v) is 8.70. The fraction of sp³-hybridized carbons (Fsp3) is 0.938. The van der Waals surface area contributed by atoms with E-state index in [2.05, 4.69) is 27.4 Å². The Morgan fingerprint density at radius 1 is 1.18 bits per heavy atom. The summed E-state index contributed by atoms with van der Waals surface area (Å²) in [4.78, 5) is 7.17. The minimum absolute atomic E-state index is 0. The number of hydrogen-bond acceptors (Lipinski definition) is 3. The first-order chi connectivity index (χ1) is 10.4. The van der Waals surface area contributed by atoms with Gasteiger partial charge in [-0.1, -0.05) is 6.42 Å². The molecule has 0 aromatic heterocycles. The molecule has 1 heterocycles. The lowest BCUT2D eigenvalue weighted by Gasteiger charge is -2.25. The lowest BCUT2D eigenvalue weighted by molar-refractivity contribution is 0.129. The van der Waals surface area contributed by atoms with Gasteiger partial charge in [-0.15, -0.1) is 24.0 Å². The van der Waals surface area contributed by atoms with Crippen molar-refractivity contribution in [2.45, 2.75) is 39.0 Å². The predicted octanol–water partition coefficient (Wildman–Crippen LogP) is 2.07. The molecule has 2 aliphatic rings. The molecule has 5 nitrogen and oxygen atoms in total. The van der Waals surface area contributed by atoms with Crippen LogP contribution in [0.4, 0.5) is 0 Å². The number of likely N-dealkylation sites (tertiary alicyclic amines) is 1. The Morgan fingerprint density at radius 2 is 1.95 bits per heavy atom. The molecule has 0 radical (unpaired) electrons. The third-order valence-electron chi connectivity index (χ3n) is 4.07. The van der Waals surface area contributed by atoms with Gasteiger partial charge in [0.1, 0.15) is 0 Å². The van der Waals surface area contributed by atoms with Crippen molar-refractivity contribution in [2.75, 3.05) is 52.5 Å². The normalized spacial score (nSPS) is 19.6. The fourth-order valence-corrected chi connectivity index (χ4v) is 2.60. The molecular weight excluding hydrogens is 391 g/mol. The standard InChI is InChI=1S/C16H32N4O.HI/c1-2-17-16(19-9-13-21-14-15-6-7-15)18-8-12-20-10-4-3-5-11-20;/h15H,2-14H2,1H3,(H2,17,18,19);1H. The Kier molecular flexibility index (Phi) is 11.2. The molecule has 6 heteroatoms. The Bertz CT molecular complexity index is 305. The van der Waals surface area contributed by atoms with Gasteiger partial charge in [0, 0.05) is 26.2 Å². The average Bonchev–Trinajstić information content (AvgIpc) is 3.32. The first-order valence-electron chi connectivity index (χ1n) is 8.70. The van der Waals surface area contributed by atoms with Gasteiger partial charge in [0.05, 0.1) is 13.2 Å². The molecule has 0 atom stereocenters. The van der Waals surface area contributed by atoms with Crippen LogP contribution >= 0.6 is 24.0 Å². The van der Waals surface area contributed by atoms with Crippen LogP contribution in [-0.2, 0) is 4.74 Å². The molecule has 0 bridgehead atoms. The molecule has 0 unspecified atom stereocenters. The van der Waals surface area contributed by atoms with Crippen molar-refractivity contribution in [3.05, 3.63) is 0 Å².